The third-order valence-corrected chi connectivity index (χ3v) is 8.66. The van der Waals surface area contributed by atoms with Gasteiger partial charge in [-0.05, 0) is 59.7 Å². The van der Waals surface area contributed by atoms with Gasteiger partial charge < -0.3 is 54.0 Å². The molecule has 5 aliphatic rings. The number of ether oxygens (including phenoxy) is 6. The number of aliphatic hydroxyl groups is 3. The fraction of sp³-hybridized carbons (Fsp3) is 0.229. The van der Waals surface area contributed by atoms with E-state index in [1.54, 1.807) is 39.5 Å². The quantitative estimate of drug-likeness (QED) is 0.262. The Balaban J connectivity index is 0.000000151. The highest BCUT2D eigenvalue weighted by Crippen LogP contribution is 2.51. The van der Waals surface area contributed by atoms with Crippen LogP contribution >= 0.6 is 0 Å². The number of phenols is 2. The Morgan fingerprint density at radius 3 is 2.28 bits per heavy atom. The van der Waals surface area contributed by atoms with Crippen LogP contribution in [0.4, 0.5) is 0 Å². The molecular weight excluding hydrogens is 612 g/mol. The molecule has 8 rings (SSSR count). The zero-order valence-electron chi connectivity index (χ0n) is 25.5. The van der Waals surface area contributed by atoms with Gasteiger partial charge in [-0.3, -0.25) is 4.79 Å². The minimum atomic E-state index is -1.58. The number of rotatable bonds is 3. The number of aliphatic hydroxyl groups excluding tert-OH is 1. The minimum absolute atomic E-state index is 0.0298. The lowest BCUT2D eigenvalue weighted by Gasteiger charge is -2.39. The normalized spacial score (nSPS) is 22.7. The van der Waals surface area contributed by atoms with E-state index in [0.717, 1.165) is 5.56 Å². The first-order valence-corrected chi connectivity index (χ1v) is 14.5. The minimum Gasteiger partial charge on any atom is -0.504 e. The monoisotopic (exact) mass is 642 g/mol. The predicted molar refractivity (Wildman–Crippen MR) is 167 cm³/mol. The van der Waals surface area contributed by atoms with E-state index in [9.17, 15) is 30.3 Å². The summed E-state index contributed by atoms with van der Waals surface area (Å²) in [7, 11) is 4.71. The van der Waals surface area contributed by atoms with Crippen molar-refractivity contribution in [2.45, 2.75) is 17.8 Å². The zero-order chi connectivity index (χ0) is 33.2. The summed E-state index contributed by atoms with van der Waals surface area (Å²) in [5, 5.41) is 51.1. The van der Waals surface area contributed by atoms with E-state index >= 15 is 0 Å². The molecule has 3 aliphatic heterocycles. The number of aromatic hydroxyl groups is 2. The number of carbonyl (C=O) groups is 1. The SMILES string of the molecule is COc1ccc2c(c1)OC1(O)COc3cc(OC)c(OC)cc3C1=C2.O=C1C=CC2=C3c4cc(O)c(O)cc4CC3(O)COC2=C1O. The Morgan fingerprint density at radius 2 is 1.53 bits per heavy atom. The number of allylic oxidation sites excluding steroid dienone is 2. The Labute approximate surface area is 268 Å². The third kappa shape index (κ3) is 4.72. The molecule has 242 valence electrons. The standard InChI is InChI=1S/C19H18O6.C16H12O6/c1-21-12-5-4-11-6-14-13-8-17(22-2)18(23-3)9-16(13)24-10-19(14,20)25-15(11)7-12;17-10-2-1-8-13-9-4-12(19)11(18)3-7(9)5-16(13,21)6-22-15(8)14(10)20/h4-9,20H,10H2,1-3H3;1-4,18-21H,5-6H2. The van der Waals surface area contributed by atoms with Crippen molar-refractivity contribution in [3.05, 3.63) is 94.0 Å². The van der Waals surface area contributed by atoms with E-state index in [-0.39, 0.29) is 36.9 Å². The summed E-state index contributed by atoms with van der Waals surface area (Å²) >= 11 is 0. The summed E-state index contributed by atoms with van der Waals surface area (Å²) in [6, 6.07) is 11.8. The van der Waals surface area contributed by atoms with Crippen LogP contribution in [0.15, 0.2) is 71.7 Å². The molecule has 0 radical (unpaired) electrons. The van der Waals surface area contributed by atoms with Gasteiger partial charge in [0.15, 0.2) is 35.4 Å². The molecule has 3 aromatic carbocycles. The highest BCUT2D eigenvalue weighted by molar-refractivity contribution is 6.06. The topological polar surface area (TPSA) is 174 Å². The van der Waals surface area contributed by atoms with E-state index in [2.05, 4.69) is 0 Å². The lowest BCUT2D eigenvalue weighted by molar-refractivity contribution is -0.116. The molecule has 0 bridgehead atoms. The van der Waals surface area contributed by atoms with E-state index in [1.807, 2.05) is 18.2 Å². The molecule has 0 saturated heterocycles. The van der Waals surface area contributed by atoms with Crippen LogP contribution in [-0.4, -0.2) is 77.2 Å². The molecule has 12 nitrogen and oxygen atoms in total. The first-order valence-electron chi connectivity index (χ1n) is 14.5. The second kappa shape index (κ2) is 10.7. The number of benzene rings is 3. The Hall–Kier alpha value is -5.59. The third-order valence-electron chi connectivity index (χ3n) is 8.66. The van der Waals surface area contributed by atoms with Gasteiger partial charge in [0.05, 0.1) is 21.3 Å². The van der Waals surface area contributed by atoms with E-state index in [1.165, 1.54) is 24.3 Å². The van der Waals surface area contributed by atoms with Crippen LogP contribution in [0.1, 0.15) is 22.3 Å². The molecule has 47 heavy (non-hydrogen) atoms. The van der Waals surface area contributed by atoms with Crippen molar-refractivity contribution < 1.29 is 58.7 Å². The van der Waals surface area contributed by atoms with E-state index < -0.39 is 22.9 Å². The fourth-order valence-electron chi connectivity index (χ4n) is 6.38. The molecule has 2 atom stereocenters. The first kappa shape index (κ1) is 30.1. The van der Waals surface area contributed by atoms with Crippen LogP contribution in [0.3, 0.4) is 0 Å². The van der Waals surface area contributed by atoms with Crippen molar-refractivity contribution in [3.63, 3.8) is 0 Å². The molecule has 3 aromatic rings. The first-order chi connectivity index (χ1) is 22.5. The largest absolute Gasteiger partial charge is 0.504 e. The lowest BCUT2D eigenvalue weighted by atomic mass is 9.85. The van der Waals surface area contributed by atoms with Gasteiger partial charge in [0, 0.05) is 46.4 Å². The van der Waals surface area contributed by atoms with Gasteiger partial charge in [-0.1, -0.05) is 0 Å². The van der Waals surface area contributed by atoms with Crippen LogP contribution in [-0.2, 0) is 16.0 Å². The molecule has 0 amide bonds. The van der Waals surface area contributed by atoms with E-state index in [4.69, 9.17) is 28.4 Å². The Morgan fingerprint density at radius 1 is 0.787 bits per heavy atom. The molecule has 2 unspecified atom stereocenters. The summed E-state index contributed by atoms with van der Waals surface area (Å²) in [6.07, 6.45) is 4.79. The second-order valence-electron chi connectivity index (χ2n) is 11.5. The van der Waals surface area contributed by atoms with Crippen LogP contribution in [0.2, 0.25) is 0 Å². The van der Waals surface area contributed by atoms with Gasteiger partial charge in [0.25, 0.3) is 5.79 Å². The number of hydrogen-bond acceptors (Lipinski definition) is 12. The summed E-state index contributed by atoms with van der Waals surface area (Å²) in [5.74, 6) is -0.243. The molecule has 2 aliphatic carbocycles. The summed E-state index contributed by atoms with van der Waals surface area (Å²) < 4.78 is 32.9. The van der Waals surface area contributed by atoms with Crippen molar-refractivity contribution in [1.29, 1.82) is 0 Å². The predicted octanol–water partition coefficient (Wildman–Crippen LogP) is 3.80. The Bertz CT molecular complexity index is 1990. The smallest absolute Gasteiger partial charge is 0.270 e. The van der Waals surface area contributed by atoms with Gasteiger partial charge in [0.2, 0.25) is 11.5 Å². The maximum Gasteiger partial charge on any atom is 0.270 e. The average Bonchev–Trinajstić information content (AvgIpc) is 3.35. The fourth-order valence-corrected chi connectivity index (χ4v) is 6.38. The number of phenolic OH excluding ortho intramolecular Hbond substituents is 2. The maximum atomic E-state index is 11.5. The Kier molecular flexibility index (Phi) is 6.88. The number of methoxy groups -OCH3 is 3. The number of fused-ring (bicyclic) bond motifs is 8. The van der Waals surface area contributed by atoms with Gasteiger partial charge in [-0.15, -0.1) is 0 Å². The van der Waals surface area contributed by atoms with Crippen LogP contribution in [0.25, 0.3) is 17.2 Å². The van der Waals surface area contributed by atoms with Gasteiger partial charge >= 0.3 is 0 Å². The number of carbonyl (C=O) groups excluding carboxylic acids is 1. The molecule has 12 heteroatoms. The number of ketones is 1. The van der Waals surface area contributed by atoms with Gasteiger partial charge in [-0.25, -0.2) is 0 Å². The van der Waals surface area contributed by atoms with Crippen molar-refractivity contribution >= 4 is 23.0 Å². The molecule has 0 aromatic heterocycles. The van der Waals surface area contributed by atoms with Crippen LogP contribution < -0.4 is 23.7 Å². The van der Waals surface area contributed by atoms with Crippen molar-refractivity contribution in [2.24, 2.45) is 0 Å². The summed E-state index contributed by atoms with van der Waals surface area (Å²) in [4.78, 5) is 11.5. The summed E-state index contributed by atoms with van der Waals surface area (Å²) in [5.41, 5.74) is 2.97. The summed E-state index contributed by atoms with van der Waals surface area (Å²) in [6.45, 7) is -0.152. The number of hydrogen-bond donors (Lipinski definition) is 5. The van der Waals surface area contributed by atoms with Crippen molar-refractivity contribution in [3.8, 4) is 40.2 Å². The highest BCUT2D eigenvalue weighted by atomic mass is 16.7. The second-order valence-corrected chi connectivity index (χ2v) is 11.5. The van der Waals surface area contributed by atoms with Gasteiger partial charge in [-0.2, -0.15) is 0 Å². The zero-order valence-corrected chi connectivity index (χ0v) is 25.5. The van der Waals surface area contributed by atoms with Crippen LogP contribution in [0.5, 0.6) is 40.2 Å². The van der Waals surface area contributed by atoms with E-state index in [0.29, 0.717) is 62.2 Å². The molecule has 5 N–H and O–H groups in total. The molecule has 0 fully saturated rings. The van der Waals surface area contributed by atoms with Crippen molar-refractivity contribution in [2.75, 3.05) is 34.5 Å². The highest BCUT2D eigenvalue weighted by Gasteiger charge is 2.48. The lowest BCUT2D eigenvalue weighted by Crippen LogP contribution is -2.47. The molecule has 0 saturated carbocycles. The maximum absolute atomic E-state index is 11.5. The molecule has 3 heterocycles. The van der Waals surface area contributed by atoms with Crippen LogP contribution in [0, 0.1) is 0 Å². The molecule has 0 spiro atoms. The molecular formula is C35H30O12. The van der Waals surface area contributed by atoms with Crippen molar-refractivity contribution in [1.82, 2.24) is 0 Å². The van der Waals surface area contributed by atoms with Gasteiger partial charge in [0.1, 0.15) is 29.5 Å². The average molecular weight is 643 g/mol.